The molecule has 0 saturated carbocycles. The predicted molar refractivity (Wildman–Crippen MR) is 83.4 cm³/mol. The van der Waals surface area contributed by atoms with E-state index in [-0.39, 0.29) is 18.4 Å². The van der Waals surface area contributed by atoms with E-state index in [1.54, 1.807) is 0 Å². The Kier molecular flexibility index (Phi) is 6.88. The van der Waals surface area contributed by atoms with Crippen molar-refractivity contribution in [3.05, 3.63) is 29.8 Å². The normalized spacial score (nSPS) is 12.2. The molecule has 1 unspecified atom stereocenters. The number of aliphatic carboxylic acids is 1. The highest BCUT2D eigenvalue weighted by atomic mass is 16.4. The second-order valence-corrected chi connectivity index (χ2v) is 5.16. The minimum atomic E-state index is -0.845. The Morgan fingerprint density at radius 3 is 2.52 bits per heavy atom. The first-order valence-electron chi connectivity index (χ1n) is 7.28. The zero-order valence-electron chi connectivity index (χ0n) is 12.9. The molecular formula is C16H24N2O3. The fraction of sp³-hybridized carbons (Fsp3) is 0.500. The Balaban J connectivity index is 2.69. The molecule has 2 N–H and O–H groups in total. The third-order valence-electron chi connectivity index (χ3n) is 3.45. The molecule has 0 aliphatic heterocycles. The zero-order chi connectivity index (χ0) is 15.8. The molecule has 1 aromatic carbocycles. The zero-order valence-corrected chi connectivity index (χ0v) is 12.9. The molecule has 1 aromatic rings. The first-order valence-corrected chi connectivity index (χ1v) is 7.28. The number of hydrogen-bond acceptors (Lipinski definition) is 3. The predicted octanol–water partition coefficient (Wildman–Crippen LogP) is 2.51. The van der Waals surface area contributed by atoms with E-state index in [4.69, 9.17) is 5.11 Å². The summed E-state index contributed by atoms with van der Waals surface area (Å²) in [4.78, 5) is 24.9. The molecule has 1 atom stereocenters. The van der Waals surface area contributed by atoms with Crippen LogP contribution in [0.5, 0.6) is 0 Å². The van der Waals surface area contributed by atoms with Crippen LogP contribution in [0.25, 0.3) is 0 Å². The minimum Gasteiger partial charge on any atom is -0.481 e. The van der Waals surface area contributed by atoms with Crippen molar-refractivity contribution < 1.29 is 14.7 Å². The number of para-hydroxylation sites is 1. The summed E-state index contributed by atoms with van der Waals surface area (Å²) >= 11 is 0. The van der Waals surface area contributed by atoms with Gasteiger partial charge in [0.2, 0.25) is 5.91 Å². The molecule has 1 rings (SSSR count). The van der Waals surface area contributed by atoms with Crippen LogP contribution in [-0.2, 0) is 9.59 Å². The number of carbonyl (C=O) groups is 2. The summed E-state index contributed by atoms with van der Waals surface area (Å²) in [7, 11) is 0. The fourth-order valence-corrected chi connectivity index (χ4v) is 2.14. The number of carboxylic acid groups (broad SMARTS) is 1. The van der Waals surface area contributed by atoms with E-state index in [1.807, 2.05) is 49.9 Å². The van der Waals surface area contributed by atoms with Gasteiger partial charge in [0.05, 0.1) is 12.5 Å². The summed E-state index contributed by atoms with van der Waals surface area (Å²) in [6.07, 6.45) is 0.920. The lowest BCUT2D eigenvalue weighted by Crippen LogP contribution is -2.43. The van der Waals surface area contributed by atoms with Gasteiger partial charge in [-0.2, -0.15) is 0 Å². The van der Waals surface area contributed by atoms with Gasteiger partial charge >= 0.3 is 5.97 Å². The van der Waals surface area contributed by atoms with Gasteiger partial charge in [0.15, 0.2) is 0 Å². The molecule has 116 valence electrons. The Morgan fingerprint density at radius 2 is 1.95 bits per heavy atom. The van der Waals surface area contributed by atoms with Crippen LogP contribution in [0.2, 0.25) is 0 Å². The quantitative estimate of drug-likeness (QED) is 0.772. The van der Waals surface area contributed by atoms with E-state index in [2.05, 4.69) is 5.32 Å². The molecular weight excluding hydrogens is 268 g/mol. The van der Waals surface area contributed by atoms with E-state index in [0.717, 1.165) is 17.7 Å². The lowest BCUT2D eigenvalue weighted by molar-refractivity contribution is -0.138. The van der Waals surface area contributed by atoms with Gasteiger partial charge in [-0.25, -0.2) is 0 Å². The average molecular weight is 292 g/mol. The van der Waals surface area contributed by atoms with Gasteiger partial charge in [0.1, 0.15) is 0 Å². The molecule has 0 bridgehead atoms. The van der Waals surface area contributed by atoms with Crippen LogP contribution in [0.1, 0.15) is 32.3 Å². The van der Waals surface area contributed by atoms with Crippen molar-refractivity contribution in [2.24, 2.45) is 0 Å². The molecule has 0 saturated heterocycles. The van der Waals surface area contributed by atoms with Crippen molar-refractivity contribution >= 4 is 17.6 Å². The van der Waals surface area contributed by atoms with Crippen LogP contribution < -0.4 is 5.32 Å². The summed E-state index contributed by atoms with van der Waals surface area (Å²) in [5.41, 5.74) is 1.80. The van der Waals surface area contributed by atoms with E-state index in [9.17, 15) is 9.59 Å². The van der Waals surface area contributed by atoms with Crippen LogP contribution in [0.4, 0.5) is 5.69 Å². The monoisotopic (exact) mass is 292 g/mol. The highest BCUT2D eigenvalue weighted by molar-refractivity contribution is 5.95. The van der Waals surface area contributed by atoms with Crippen LogP contribution in [0.3, 0.4) is 0 Å². The van der Waals surface area contributed by atoms with Crippen LogP contribution >= 0.6 is 0 Å². The molecule has 5 heteroatoms. The third-order valence-corrected chi connectivity index (χ3v) is 3.45. The summed E-state index contributed by atoms with van der Waals surface area (Å²) in [5, 5.41) is 11.7. The smallest absolute Gasteiger partial charge is 0.304 e. The van der Waals surface area contributed by atoms with Crippen molar-refractivity contribution in [1.82, 2.24) is 4.90 Å². The van der Waals surface area contributed by atoms with Crippen LogP contribution in [0.15, 0.2) is 24.3 Å². The number of nitrogens with one attached hydrogen (secondary N) is 1. The lowest BCUT2D eigenvalue weighted by Gasteiger charge is -2.27. The SMILES string of the molecule is CCCN(CCC(=O)O)C(C)C(=O)Nc1ccccc1C. The Morgan fingerprint density at radius 1 is 1.29 bits per heavy atom. The molecule has 0 heterocycles. The van der Waals surface area contributed by atoms with Crippen molar-refractivity contribution in [3.8, 4) is 0 Å². The molecule has 0 radical (unpaired) electrons. The number of anilines is 1. The van der Waals surface area contributed by atoms with E-state index in [1.165, 1.54) is 0 Å². The number of carbonyl (C=O) groups excluding carboxylic acids is 1. The number of hydrogen-bond donors (Lipinski definition) is 2. The molecule has 0 spiro atoms. The topological polar surface area (TPSA) is 69.6 Å². The number of benzene rings is 1. The van der Waals surface area contributed by atoms with Crippen LogP contribution in [-0.4, -0.2) is 41.0 Å². The molecule has 5 nitrogen and oxygen atoms in total. The standard InChI is InChI=1S/C16H24N2O3/c1-4-10-18(11-9-15(19)20)13(3)16(21)17-14-8-6-5-7-12(14)2/h5-8,13H,4,9-11H2,1-3H3,(H,17,21)(H,19,20). The van der Waals surface area contributed by atoms with Crippen LogP contribution in [0, 0.1) is 6.92 Å². The maximum atomic E-state index is 12.3. The van der Waals surface area contributed by atoms with Crippen molar-refractivity contribution in [2.45, 2.75) is 39.7 Å². The summed E-state index contributed by atoms with van der Waals surface area (Å²) in [5.74, 6) is -0.953. The largest absolute Gasteiger partial charge is 0.481 e. The Labute approximate surface area is 126 Å². The molecule has 0 aromatic heterocycles. The maximum absolute atomic E-state index is 12.3. The van der Waals surface area contributed by atoms with Crippen molar-refractivity contribution in [2.75, 3.05) is 18.4 Å². The Bertz CT molecular complexity index is 488. The summed E-state index contributed by atoms with van der Waals surface area (Å²) < 4.78 is 0. The first kappa shape index (κ1) is 17.2. The first-order chi connectivity index (χ1) is 9.95. The number of aryl methyl sites for hydroxylation is 1. The van der Waals surface area contributed by atoms with Gasteiger partial charge < -0.3 is 10.4 Å². The van der Waals surface area contributed by atoms with E-state index in [0.29, 0.717) is 13.1 Å². The molecule has 0 aliphatic carbocycles. The number of nitrogens with zero attached hydrogens (tertiary/aromatic N) is 1. The summed E-state index contributed by atoms with van der Waals surface area (Å²) in [6, 6.07) is 7.24. The summed E-state index contributed by atoms with van der Waals surface area (Å²) in [6.45, 7) is 6.85. The van der Waals surface area contributed by atoms with Crippen molar-refractivity contribution in [3.63, 3.8) is 0 Å². The third kappa shape index (κ3) is 5.55. The highest BCUT2D eigenvalue weighted by Crippen LogP contribution is 2.14. The molecule has 21 heavy (non-hydrogen) atoms. The second kappa shape index (κ2) is 8.42. The van der Waals surface area contributed by atoms with Gasteiger partial charge in [0.25, 0.3) is 0 Å². The molecule has 0 aliphatic rings. The van der Waals surface area contributed by atoms with Gasteiger partial charge in [-0.3, -0.25) is 14.5 Å². The maximum Gasteiger partial charge on any atom is 0.304 e. The van der Waals surface area contributed by atoms with E-state index >= 15 is 0 Å². The second-order valence-electron chi connectivity index (χ2n) is 5.16. The van der Waals surface area contributed by atoms with Gasteiger partial charge in [-0.1, -0.05) is 25.1 Å². The Hall–Kier alpha value is -1.88. The molecule has 1 amide bonds. The minimum absolute atomic E-state index is 0.0436. The number of carboxylic acids is 1. The van der Waals surface area contributed by atoms with E-state index < -0.39 is 5.97 Å². The fourth-order valence-electron chi connectivity index (χ4n) is 2.14. The highest BCUT2D eigenvalue weighted by Gasteiger charge is 2.21. The average Bonchev–Trinajstić information content (AvgIpc) is 2.45. The lowest BCUT2D eigenvalue weighted by atomic mass is 10.1. The molecule has 0 fully saturated rings. The van der Waals surface area contributed by atoms with Crippen molar-refractivity contribution in [1.29, 1.82) is 0 Å². The van der Waals surface area contributed by atoms with Gasteiger partial charge in [0, 0.05) is 12.2 Å². The van der Waals surface area contributed by atoms with Gasteiger partial charge in [-0.15, -0.1) is 0 Å². The number of rotatable bonds is 8. The van der Waals surface area contributed by atoms with Gasteiger partial charge in [-0.05, 0) is 38.4 Å². The number of amides is 1.